The third-order valence-electron chi connectivity index (χ3n) is 2.77. The van der Waals surface area contributed by atoms with Crippen molar-refractivity contribution in [1.82, 2.24) is 5.32 Å². The van der Waals surface area contributed by atoms with Crippen LogP contribution < -0.4 is 10.6 Å². The summed E-state index contributed by atoms with van der Waals surface area (Å²) in [6.07, 6.45) is 1.65. The normalized spacial score (nSPS) is 16.1. The fourth-order valence-electron chi connectivity index (χ4n) is 1.63. The Bertz CT molecular complexity index is 454. The molecule has 1 aliphatic rings. The molecule has 0 aromatic carbocycles. The van der Waals surface area contributed by atoms with Gasteiger partial charge in [0.15, 0.2) is 0 Å². The lowest BCUT2D eigenvalue weighted by Crippen LogP contribution is -2.32. The lowest BCUT2D eigenvalue weighted by atomic mass is 10.2. The first kappa shape index (κ1) is 13.0. The summed E-state index contributed by atoms with van der Waals surface area (Å²) in [4.78, 5) is 23.1. The van der Waals surface area contributed by atoms with Crippen LogP contribution in [0.15, 0.2) is 12.1 Å². The highest BCUT2D eigenvalue weighted by molar-refractivity contribution is 7.18. The SMILES string of the molecule is CC(=O)Nc1ccc(C(=O)NCC(O)C2CC2)s1. The van der Waals surface area contributed by atoms with Crippen molar-refractivity contribution >= 4 is 28.2 Å². The molecule has 98 valence electrons. The second-order valence-electron chi connectivity index (χ2n) is 4.46. The quantitative estimate of drug-likeness (QED) is 0.751. The van der Waals surface area contributed by atoms with Gasteiger partial charge in [-0.05, 0) is 30.9 Å². The molecule has 1 heterocycles. The van der Waals surface area contributed by atoms with Crippen LogP contribution in [0.5, 0.6) is 0 Å². The van der Waals surface area contributed by atoms with Crippen molar-refractivity contribution in [3.8, 4) is 0 Å². The van der Waals surface area contributed by atoms with Crippen molar-refractivity contribution in [2.75, 3.05) is 11.9 Å². The van der Waals surface area contributed by atoms with Crippen molar-refractivity contribution in [3.05, 3.63) is 17.0 Å². The van der Waals surface area contributed by atoms with E-state index < -0.39 is 6.10 Å². The molecule has 3 N–H and O–H groups in total. The van der Waals surface area contributed by atoms with Crippen molar-refractivity contribution in [1.29, 1.82) is 0 Å². The summed E-state index contributed by atoms with van der Waals surface area (Å²) in [5.74, 6) is -0.0205. The number of aliphatic hydroxyl groups excluding tert-OH is 1. The van der Waals surface area contributed by atoms with Crippen LogP contribution >= 0.6 is 11.3 Å². The van der Waals surface area contributed by atoms with Crippen LogP contribution in [0.3, 0.4) is 0 Å². The monoisotopic (exact) mass is 268 g/mol. The van der Waals surface area contributed by atoms with E-state index in [9.17, 15) is 14.7 Å². The van der Waals surface area contributed by atoms with Crippen LogP contribution in [0.4, 0.5) is 5.00 Å². The molecule has 0 bridgehead atoms. The predicted molar refractivity (Wildman–Crippen MR) is 69.7 cm³/mol. The molecule has 1 aromatic rings. The van der Waals surface area contributed by atoms with Crippen LogP contribution in [0.25, 0.3) is 0 Å². The molecule has 1 saturated carbocycles. The second-order valence-corrected chi connectivity index (χ2v) is 5.54. The second kappa shape index (κ2) is 5.49. The molecule has 0 aliphatic heterocycles. The summed E-state index contributed by atoms with van der Waals surface area (Å²) < 4.78 is 0. The highest BCUT2D eigenvalue weighted by Crippen LogP contribution is 2.32. The largest absolute Gasteiger partial charge is 0.391 e. The van der Waals surface area contributed by atoms with Gasteiger partial charge in [-0.25, -0.2) is 0 Å². The Hall–Kier alpha value is -1.40. The number of rotatable bonds is 5. The average molecular weight is 268 g/mol. The minimum Gasteiger partial charge on any atom is -0.391 e. The molecule has 5 nitrogen and oxygen atoms in total. The van der Waals surface area contributed by atoms with E-state index in [1.807, 2.05) is 0 Å². The van der Waals surface area contributed by atoms with E-state index in [-0.39, 0.29) is 18.4 Å². The molecule has 2 rings (SSSR count). The number of carbonyl (C=O) groups excluding carboxylic acids is 2. The summed E-state index contributed by atoms with van der Waals surface area (Å²) in [5.41, 5.74) is 0. The maximum absolute atomic E-state index is 11.8. The molecule has 2 amide bonds. The van der Waals surface area contributed by atoms with E-state index in [0.29, 0.717) is 15.8 Å². The minimum atomic E-state index is -0.441. The van der Waals surface area contributed by atoms with Gasteiger partial charge in [0.1, 0.15) is 0 Å². The average Bonchev–Trinajstić information content (AvgIpc) is 3.06. The first-order valence-corrected chi connectivity index (χ1v) is 6.71. The Kier molecular flexibility index (Phi) is 3.98. The number of hydrogen-bond donors (Lipinski definition) is 3. The standard InChI is InChI=1S/C12H16N2O3S/c1-7(15)14-11-5-4-10(18-11)12(17)13-6-9(16)8-2-3-8/h4-5,8-9,16H,2-3,6H2,1H3,(H,13,17)(H,14,15). The summed E-state index contributed by atoms with van der Waals surface area (Å²) in [5, 5.41) is 15.6. The van der Waals surface area contributed by atoms with Crippen molar-refractivity contribution in [3.63, 3.8) is 0 Å². The lowest BCUT2D eigenvalue weighted by Gasteiger charge is -2.09. The number of carbonyl (C=O) groups is 2. The molecule has 0 saturated heterocycles. The number of aliphatic hydroxyl groups is 1. The summed E-state index contributed by atoms with van der Waals surface area (Å²) in [7, 11) is 0. The Balaban J connectivity index is 1.84. The third-order valence-corrected chi connectivity index (χ3v) is 3.77. The van der Waals surface area contributed by atoms with E-state index in [1.165, 1.54) is 18.3 Å². The van der Waals surface area contributed by atoms with Gasteiger partial charge in [-0.1, -0.05) is 0 Å². The summed E-state index contributed by atoms with van der Waals surface area (Å²) in [6.45, 7) is 1.71. The van der Waals surface area contributed by atoms with Gasteiger partial charge in [-0.2, -0.15) is 0 Å². The van der Waals surface area contributed by atoms with Gasteiger partial charge >= 0.3 is 0 Å². The summed E-state index contributed by atoms with van der Waals surface area (Å²) >= 11 is 1.22. The first-order chi connectivity index (χ1) is 8.56. The van der Waals surface area contributed by atoms with Gasteiger partial charge in [0.05, 0.1) is 16.0 Å². The minimum absolute atomic E-state index is 0.159. The van der Waals surface area contributed by atoms with E-state index in [4.69, 9.17) is 0 Å². The number of nitrogens with one attached hydrogen (secondary N) is 2. The maximum atomic E-state index is 11.8. The molecule has 0 spiro atoms. The fourth-order valence-corrected chi connectivity index (χ4v) is 2.50. The highest BCUT2D eigenvalue weighted by atomic mass is 32.1. The van der Waals surface area contributed by atoms with Gasteiger partial charge in [0.2, 0.25) is 5.91 Å². The molecule has 1 aromatic heterocycles. The Morgan fingerprint density at radius 1 is 1.50 bits per heavy atom. The van der Waals surface area contributed by atoms with E-state index in [1.54, 1.807) is 12.1 Å². The fraction of sp³-hybridized carbons (Fsp3) is 0.500. The summed E-state index contributed by atoms with van der Waals surface area (Å²) in [6, 6.07) is 3.35. The Labute approximate surface area is 109 Å². The molecular formula is C12H16N2O3S. The molecule has 1 fully saturated rings. The van der Waals surface area contributed by atoms with Crippen molar-refractivity contribution in [2.45, 2.75) is 25.9 Å². The maximum Gasteiger partial charge on any atom is 0.261 e. The van der Waals surface area contributed by atoms with Crippen LogP contribution in [0, 0.1) is 5.92 Å². The number of hydrogen-bond acceptors (Lipinski definition) is 4. The van der Waals surface area contributed by atoms with Crippen molar-refractivity contribution < 1.29 is 14.7 Å². The van der Waals surface area contributed by atoms with Crippen LogP contribution in [0.2, 0.25) is 0 Å². The van der Waals surface area contributed by atoms with Crippen LogP contribution in [0.1, 0.15) is 29.4 Å². The predicted octanol–water partition coefficient (Wildman–Crippen LogP) is 1.21. The first-order valence-electron chi connectivity index (χ1n) is 5.90. The number of amides is 2. The Morgan fingerprint density at radius 3 is 2.83 bits per heavy atom. The molecule has 1 unspecified atom stereocenters. The zero-order valence-electron chi connectivity index (χ0n) is 10.1. The van der Waals surface area contributed by atoms with E-state index in [0.717, 1.165) is 12.8 Å². The smallest absolute Gasteiger partial charge is 0.261 e. The molecule has 6 heteroatoms. The van der Waals surface area contributed by atoms with E-state index >= 15 is 0 Å². The van der Waals surface area contributed by atoms with Gasteiger partial charge < -0.3 is 15.7 Å². The number of anilines is 1. The van der Waals surface area contributed by atoms with Crippen LogP contribution in [-0.4, -0.2) is 29.6 Å². The highest BCUT2D eigenvalue weighted by Gasteiger charge is 2.29. The van der Waals surface area contributed by atoms with Gasteiger partial charge in [0.25, 0.3) is 5.91 Å². The zero-order chi connectivity index (χ0) is 13.1. The zero-order valence-corrected chi connectivity index (χ0v) is 10.9. The van der Waals surface area contributed by atoms with Gasteiger partial charge in [0, 0.05) is 13.5 Å². The van der Waals surface area contributed by atoms with Crippen molar-refractivity contribution in [2.24, 2.45) is 5.92 Å². The Morgan fingerprint density at radius 2 is 2.22 bits per heavy atom. The number of thiophene rings is 1. The molecular weight excluding hydrogens is 252 g/mol. The molecule has 1 aliphatic carbocycles. The molecule has 1 atom stereocenters. The lowest BCUT2D eigenvalue weighted by molar-refractivity contribution is -0.114. The molecule has 18 heavy (non-hydrogen) atoms. The van der Waals surface area contributed by atoms with Crippen LogP contribution in [-0.2, 0) is 4.79 Å². The molecule has 0 radical (unpaired) electrons. The van der Waals surface area contributed by atoms with Gasteiger partial charge in [-0.3, -0.25) is 9.59 Å². The third kappa shape index (κ3) is 3.54. The topological polar surface area (TPSA) is 78.4 Å². The van der Waals surface area contributed by atoms with E-state index in [2.05, 4.69) is 10.6 Å². The van der Waals surface area contributed by atoms with Gasteiger partial charge in [-0.15, -0.1) is 11.3 Å².